The second-order valence-electron chi connectivity index (χ2n) is 7.80. The summed E-state index contributed by atoms with van der Waals surface area (Å²) in [4.78, 5) is 22.6. The number of nitrogens with one attached hydrogen (secondary N) is 2. The molecular weight excluding hydrogens is 342 g/mol. The third kappa shape index (κ3) is 3.77. The number of aromatic nitrogens is 3. The first-order valence-corrected chi connectivity index (χ1v) is 9.90. The fourth-order valence-corrected chi connectivity index (χ4v) is 4.62. The molecule has 8 nitrogen and oxygen atoms in total. The van der Waals surface area contributed by atoms with Crippen molar-refractivity contribution in [2.75, 3.05) is 38.7 Å². The summed E-state index contributed by atoms with van der Waals surface area (Å²) >= 11 is 0. The van der Waals surface area contributed by atoms with Gasteiger partial charge in [-0.1, -0.05) is 0 Å². The molecule has 1 saturated heterocycles. The summed E-state index contributed by atoms with van der Waals surface area (Å²) < 4.78 is 1.92. The number of hydrogen-bond donors (Lipinski definition) is 3. The van der Waals surface area contributed by atoms with Crippen LogP contribution in [0.5, 0.6) is 0 Å². The van der Waals surface area contributed by atoms with Gasteiger partial charge in [0.2, 0.25) is 5.91 Å². The Bertz CT molecular complexity index is 753. The lowest BCUT2D eigenvalue weighted by atomic mass is 9.77. The lowest BCUT2D eigenvalue weighted by Crippen LogP contribution is -2.49. The van der Waals surface area contributed by atoms with Crippen LogP contribution in [0.2, 0.25) is 0 Å². The molecular formula is C19H29N7O. The second kappa shape index (κ2) is 7.82. The van der Waals surface area contributed by atoms with Gasteiger partial charge >= 0.3 is 0 Å². The van der Waals surface area contributed by atoms with Crippen LogP contribution in [-0.4, -0.2) is 58.7 Å². The zero-order chi connectivity index (χ0) is 18.8. The quantitative estimate of drug-likeness (QED) is 0.719. The predicted molar refractivity (Wildman–Crippen MR) is 104 cm³/mol. The molecule has 1 atom stereocenters. The van der Waals surface area contributed by atoms with E-state index in [9.17, 15) is 4.79 Å². The van der Waals surface area contributed by atoms with E-state index in [2.05, 4.69) is 25.6 Å². The lowest BCUT2D eigenvalue weighted by molar-refractivity contribution is -0.124. The molecule has 8 heteroatoms. The van der Waals surface area contributed by atoms with Crippen molar-refractivity contribution in [2.45, 2.75) is 31.7 Å². The standard InChI is InChI=1S/C19H29N7O/c1-21-26-12-24-19-15(6-7-23-19)18(26)17(20)14-4-2-13(3-5-14)10-25-9-8-22-16(27)11-25/h6-7,12-14,17,21H,2-5,8-11,20H2,1H3,(H,22,27). The van der Waals surface area contributed by atoms with E-state index in [-0.39, 0.29) is 11.9 Å². The number of fused-ring (bicyclic) bond motifs is 1. The smallest absolute Gasteiger partial charge is 0.234 e. The number of nitrogens with two attached hydrogens (primary N) is 1. The van der Waals surface area contributed by atoms with Crippen molar-refractivity contribution in [1.29, 1.82) is 0 Å². The van der Waals surface area contributed by atoms with E-state index >= 15 is 0 Å². The molecule has 3 aliphatic heterocycles. The Morgan fingerprint density at radius 2 is 2.15 bits per heavy atom. The molecule has 4 aliphatic rings. The van der Waals surface area contributed by atoms with Gasteiger partial charge in [0.15, 0.2) is 5.82 Å². The highest BCUT2D eigenvalue weighted by Gasteiger charge is 2.31. The van der Waals surface area contributed by atoms with Gasteiger partial charge in [0.1, 0.15) is 6.33 Å². The maximum atomic E-state index is 11.6. The molecule has 1 amide bonds. The van der Waals surface area contributed by atoms with E-state index in [1.807, 2.05) is 17.8 Å². The van der Waals surface area contributed by atoms with Crippen LogP contribution in [0.25, 0.3) is 11.4 Å². The average Bonchev–Trinajstić information content (AvgIpc) is 3.16. The monoisotopic (exact) mass is 371 g/mol. The summed E-state index contributed by atoms with van der Waals surface area (Å²) in [5.41, 5.74) is 12.0. The SMILES string of the molecule is CNn1cnc2nccc-2c1C(N)C1CCC(CN2CCNC(=O)C2)CC1. The minimum absolute atomic E-state index is 0.0473. The van der Waals surface area contributed by atoms with E-state index in [1.54, 1.807) is 12.5 Å². The van der Waals surface area contributed by atoms with Crippen molar-refractivity contribution in [1.82, 2.24) is 24.9 Å². The van der Waals surface area contributed by atoms with E-state index in [1.165, 1.54) is 12.8 Å². The van der Waals surface area contributed by atoms with Crippen molar-refractivity contribution in [3.05, 3.63) is 24.3 Å². The topological polar surface area (TPSA) is 101 Å². The Kier molecular flexibility index (Phi) is 5.27. The van der Waals surface area contributed by atoms with Gasteiger partial charge in [-0.3, -0.25) is 14.4 Å². The van der Waals surface area contributed by atoms with Crippen LogP contribution in [-0.2, 0) is 4.79 Å². The van der Waals surface area contributed by atoms with Crippen LogP contribution >= 0.6 is 0 Å². The van der Waals surface area contributed by atoms with Gasteiger partial charge in [-0.15, -0.1) is 0 Å². The normalized spacial score (nSPS) is 25.3. The van der Waals surface area contributed by atoms with Crippen LogP contribution in [0.15, 0.2) is 18.6 Å². The summed E-state index contributed by atoms with van der Waals surface area (Å²) in [6.45, 7) is 3.31. The predicted octanol–water partition coefficient (Wildman–Crippen LogP) is 0.794. The zero-order valence-electron chi connectivity index (χ0n) is 15.9. The van der Waals surface area contributed by atoms with Crippen LogP contribution in [0, 0.1) is 11.8 Å². The lowest BCUT2D eigenvalue weighted by Gasteiger charge is -2.36. The number of carbonyl (C=O) groups excluding carboxylic acids is 1. The number of nitrogens with zero attached hydrogens (tertiary/aromatic N) is 4. The van der Waals surface area contributed by atoms with Gasteiger partial charge in [-0.05, 0) is 43.6 Å². The molecule has 0 radical (unpaired) electrons. The molecule has 0 aromatic carbocycles. The van der Waals surface area contributed by atoms with Crippen molar-refractivity contribution >= 4 is 5.91 Å². The molecule has 1 saturated carbocycles. The first-order valence-electron chi connectivity index (χ1n) is 9.90. The van der Waals surface area contributed by atoms with Gasteiger partial charge in [-0.25, -0.2) is 9.97 Å². The van der Waals surface area contributed by atoms with E-state index in [0.717, 1.165) is 49.6 Å². The first kappa shape index (κ1) is 18.2. The Hall–Kier alpha value is -2.19. The number of carbonyl (C=O) groups is 1. The molecule has 0 aromatic rings. The zero-order valence-corrected chi connectivity index (χ0v) is 15.9. The van der Waals surface area contributed by atoms with Crippen molar-refractivity contribution in [2.24, 2.45) is 17.6 Å². The summed E-state index contributed by atoms with van der Waals surface area (Å²) in [5.74, 6) is 2.02. The average molecular weight is 371 g/mol. The number of rotatable bonds is 5. The molecule has 1 unspecified atom stereocenters. The van der Waals surface area contributed by atoms with Crippen LogP contribution in [0.1, 0.15) is 37.4 Å². The fraction of sp³-hybridized carbons (Fsp3) is 0.632. The second-order valence-corrected chi connectivity index (χ2v) is 7.80. The summed E-state index contributed by atoms with van der Waals surface area (Å²) in [6.07, 6.45) is 8.13. The maximum Gasteiger partial charge on any atom is 0.234 e. The molecule has 2 fully saturated rings. The number of hydrogen-bond acceptors (Lipinski definition) is 6. The summed E-state index contributed by atoms with van der Waals surface area (Å²) in [6, 6.07) is 1.95. The third-order valence-corrected chi connectivity index (χ3v) is 6.10. The van der Waals surface area contributed by atoms with E-state index in [4.69, 9.17) is 5.73 Å². The highest BCUT2D eigenvalue weighted by molar-refractivity contribution is 5.78. The molecule has 4 N–H and O–H groups in total. The van der Waals surface area contributed by atoms with Gasteiger partial charge in [0.05, 0.1) is 18.3 Å². The van der Waals surface area contributed by atoms with Crippen LogP contribution in [0.3, 0.4) is 0 Å². The van der Waals surface area contributed by atoms with Gasteiger partial charge < -0.3 is 16.5 Å². The molecule has 0 aromatic heterocycles. The third-order valence-electron chi connectivity index (χ3n) is 6.10. The van der Waals surface area contributed by atoms with Gasteiger partial charge in [0.25, 0.3) is 0 Å². The van der Waals surface area contributed by atoms with Gasteiger partial charge in [-0.2, -0.15) is 0 Å². The van der Waals surface area contributed by atoms with Crippen LogP contribution < -0.4 is 16.5 Å². The Balaban J connectivity index is 1.40. The minimum atomic E-state index is -0.0473. The van der Waals surface area contributed by atoms with Gasteiger partial charge in [0, 0.05) is 38.4 Å². The molecule has 27 heavy (non-hydrogen) atoms. The molecule has 1 aliphatic carbocycles. The first-order chi connectivity index (χ1) is 13.2. The molecule has 0 spiro atoms. The molecule has 4 rings (SSSR count). The maximum absolute atomic E-state index is 11.6. The molecule has 0 bridgehead atoms. The number of piperazine rings is 1. The van der Waals surface area contributed by atoms with Crippen molar-refractivity contribution < 1.29 is 4.79 Å². The highest BCUT2D eigenvalue weighted by Crippen LogP contribution is 2.38. The van der Waals surface area contributed by atoms with E-state index < -0.39 is 0 Å². The van der Waals surface area contributed by atoms with Crippen LogP contribution in [0.4, 0.5) is 0 Å². The highest BCUT2D eigenvalue weighted by atomic mass is 16.2. The summed E-state index contributed by atoms with van der Waals surface area (Å²) in [5, 5.41) is 2.90. The molecule has 146 valence electrons. The number of amides is 1. The molecule has 3 heterocycles. The Labute approximate surface area is 159 Å². The Morgan fingerprint density at radius 3 is 2.89 bits per heavy atom. The summed E-state index contributed by atoms with van der Waals surface area (Å²) in [7, 11) is 1.88. The fourth-order valence-electron chi connectivity index (χ4n) is 4.62. The van der Waals surface area contributed by atoms with E-state index in [0.29, 0.717) is 18.4 Å². The van der Waals surface area contributed by atoms with Crippen molar-refractivity contribution in [3.63, 3.8) is 0 Å². The largest absolute Gasteiger partial charge is 0.354 e. The van der Waals surface area contributed by atoms with Crippen molar-refractivity contribution in [3.8, 4) is 11.4 Å². The minimum Gasteiger partial charge on any atom is -0.354 e. The Morgan fingerprint density at radius 1 is 1.33 bits per heavy atom.